The molecule has 0 unspecified atom stereocenters. The number of guanidine groups is 1. The lowest BCUT2D eigenvalue weighted by Crippen LogP contribution is -2.37. The average molecular weight is 391 g/mol. The van der Waals surface area contributed by atoms with E-state index in [2.05, 4.69) is 31.0 Å². The SMILES string of the molecule is CCOCc1ccccc1CN=C(N)N(CC)CC.I. The summed E-state index contributed by atoms with van der Waals surface area (Å²) in [6.07, 6.45) is 0. The van der Waals surface area contributed by atoms with Crippen molar-refractivity contribution in [2.24, 2.45) is 10.7 Å². The summed E-state index contributed by atoms with van der Waals surface area (Å²) in [6.45, 7) is 9.87. The number of halogens is 1. The van der Waals surface area contributed by atoms with Gasteiger partial charge in [0, 0.05) is 19.7 Å². The van der Waals surface area contributed by atoms with Crippen molar-refractivity contribution in [2.45, 2.75) is 33.9 Å². The maximum atomic E-state index is 5.98. The first-order valence-corrected chi connectivity index (χ1v) is 6.92. The Bertz CT molecular complexity index is 406. The van der Waals surface area contributed by atoms with Gasteiger partial charge < -0.3 is 15.4 Å². The van der Waals surface area contributed by atoms with Crippen LogP contribution in [0.2, 0.25) is 0 Å². The van der Waals surface area contributed by atoms with E-state index in [0.717, 1.165) is 19.7 Å². The first-order valence-electron chi connectivity index (χ1n) is 6.92. The molecule has 1 aromatic carbocycles. The smallest absolute Gasteiger partial charge is 0.191 e. The van der Waals surface area contributed by atoms with Gasteiger partial charge >= 0.3 is 0 Å². The molecule has 20 heavy (non-hydrogen) atoms. The molecule has 0 spiro atoms. The van der Waals surface area contributed by atoms with Crippen molar-refractivity contribution in [1.82, 2.24) is 4.90 Å². The van der Waals surface area contributed by atoms with E-state index in [1.807, 2.05) is 24.0 Å². The Morgan fingerprint density at radius 2 is 1.75 bits per heavy atom. The van der Waals surface area contributed by atoms with Crippen LogP contribution in [0.5, 0.6) is 0 Å². The van der Waals surface area contributed by atoms with Crippen molar-refractivity contribution in [3.63, 3.8) is 0 Å². The molecule has 0 saturated carbocycles. The maximum absolute atomic E-state index is 5.98. The third kappa shape index (κ3) is 6.09. The summed E-state index contributed by atoms with van der Waals surface area (Å²) in [7, 11) is 0. The lowest BCUT2D eigenvalue weighted by molar-refractivity contribution is 0.133. The zero-order chi connectivity index (χ0) is 14.1. The second-order valence-corrected chi connectivity index (χ2v) is 4.25. The molecule has 1 aromatic rings. The van der Waals surface area contributed by atoms with Gasteiger partial charge in [-0.1, -0.05) is 24.3 Å². The Balaban J connectivity index is 0.00000361. The van der Waals surface area contributed by atoms with Crippen LogP contribution in [0.25, 0.3) is 0 Å². The van der Waals surface area contributed by atoms with Crippen LogP contribution in [0.15, 0.2) is 29.3 Å². The minimum atomic E-state index is 0. The van der Waals surface area contributed by atoms with E-state index in [4.69, 9.17) is 10.5 Å². The van der Waals surface area contributed by atoms with E-state index >= 15 is 0 Å². The molecule has 0 amide bonds. The van der Waals surface area contributed by atoms with Crippen molar-refractivity contribution >= 4 is 29.9 Å². The van der Waals surface area contributed by atoms with Gasteiger partial charge in [0.2, 0.25) is 0 Å². The Labute approximate surface area is 139 Å². The van der Waals surface area contributed by atoms with Crippen LogP contribution >= 0.6 is 24.0 Å². The van der Waals surface area contributed by atoms with Crippen LogP contribution in [0.4, 0.5) is 0 Å². The van der Waals surface area contributed by atoms with Gasteiger partial charge in [0.15, 0.2) is 5.96 Å². The summed E-state index contributed by atoms with van der Waals surface area (Å²) in [5.74, 6) is 0.608. The molecule has 1 rings (SSSR count). The van der Waals surface area contributed by atoms with Gasteiger partial charge in [0.25, 0.3) is 0 Å². The van der Waals surface area contributed by atoms with E-state index in [-0.39, 0.29) is 24.0 Å². The second-order valence-electron chi connectivity index (χ2n) is 4.25. The van der Waals surface area contributed by atoms with Gasteiger partial charge in [-0.25, -0.2) is 4.99 Å². The number of benzene rings is 1. The number of hydrogen-bond acceptors (Lipinski definition) is 2. The molecule has 0 heterocycles. The molecule has 4 nitrogen and oxygen atoms in total. The van der Waals surface area contributed by atoms with Crippen LogP contribution in [0, 0.1) is 0 Å². The van der Waals surface area contributed by atoms with Crippen molar-refractivity contribution in [1.29, 1.82) is 0 Å². The van der Waals surface area contributed by atoms with Crippen molar-refractivity contribution in [2.75, 3.05) is 19.7 Å². The number of nitrogens with zero attached hydrogens (tertiary/aromatic N) is 2. The molecular weight excluding hydrogens is 365 g/mol. The van der Waals surface area contributed by atoms with E-state index in [0.29, 0.717) is 19.1 Å². The molecule has 0 fully saturated rings. The largest absolute Gasteiger partial charge is 0.377 e. The van der Waals surface area contributed by atoms with E-state index < -0.39 is 0 Å². The lowest BCUT2D eigenvalue weighted by atomic mass is 10.1. The standard InChI is InChI=1S/C15H25N3O.HI/c1-4-18(5-2)15(16)17-11-13-9-7-8-10-14(13)12-19-6-3;/h7-10H,4-6,11-12H2,1-3H3,(H2,16,17);1H. The molecule has 0 aliphatic heterocycles. The van der Waals surface area contributed by atoms with Crippen molar-refractivity contribution in [3.05, 3.63) is 35.4 Å². The van der Waals surface area contributed by atoms with Gasteiger partial charge in [-0.15, -0.1) is 24.0 Å². The molecule has 0 atom stereocenters. The van der Waals surface area contributed by atoms with E-state index in [1.165, 1.54) is 11.1 Å². The summed E-state index contributed by atoms with van der Waals surface area (Å²) in [4.78, 5) is 6.52. The quantitative estimate of drug-likeness (QED) is 0.442. The van der Waals surface area contributed by atoms with Gasteiger partial charge in [0.1, 0.15) is 0 Å². The molecule has 2 N–H and O–H groups in total. The highest BCUT2D eigenvalue weighted by Crippen LogP contribution is 2.11. The minimum Gasteiger partial charge on any atom is -0.377 e. The zero-order valence-electron chi connectivity index (χ0n) is 12.6. The maximum Gasteiger partial charge on any atom is 0.191 e. The van der Waals surface area contributed by atoms with Crippen molar-refractivity contribution in [3.8, 4) is 0 Å². The fourth-order valence-corrected chi connectivity index (χ4v) is 1.88. The summed E-state index contributed by atoms with van der Waals surface area (Å²) < 4.78 is 5.47. The highest BCUT2D eigenvalue weighted by molar-refractivity contribution is 14.0. The average Bonchev–Trinajstić information content (AvgIpc) is 2.45. The second kappa shape index (κ2) is 10.9. The Kier molecular flexibility index (Phi) is 10.5. The molecule has 5 heteroatoms. The van der Waals surface area contributed by atoms with Gasteiger partial charge in [-0.2, -0.15) is 0 Å². The van der Waals surface area contributed by atoms with Crippen LogP contribution in [-0.2, 0) is 17.9 Å². The highest BCUT2D eigenvalue weighted by Gasteiger charge is 2.04. The van der Waals surface area contributed by atoms with Gasteiger partial charge in [-0.3, -0.25) is 0 Å². The third-order valence-electron chi connectivity index (χ3n) is 3.08. The zero-order valence-corrected chi connectivity index (χ0v) is 15.0. The summed E-state index contributed by atoms with van der Waals surface area (Å²) in [5.41, 5.74) is 8.33. The summed E-state index contributed by atoms with van der Waals surface area (Å²) >= 11 is 0. The Hall–Kier alpha value is -0.820. The fraction of sp³-hybridized carbons (Fsp3) is 0.533. The van der Waals surface area contributed by atoms with E-state index in [9.17, 15) is 0 Å². The number of nitrogens with two attached hydrogens (primary N) is 1. The Morgan fingerprint density at radius 3 is 2.30 bits per heavy atom. The number of hydrogen-bond donors (Lipinski definition) is 1. The predicted molar refractivity (Wildman–Crippen MR) is 95.4 cm³/mol. The minimum absolute atomic E-state index is 0. The lowest BCUT2D eigenvalue weighted by Gasteiger charge is -2.19. The number of ether oxygens (including phenoxy) is 1. The number of aliphatic imine (C=N–C) groups is 1. The summed E-state index contributed by atoms with van der Waals surface area (Å²) in [5, 5.41) is 0. The number of rotatable bonds is 7. The topological polar surface area (TPSA) is 50.9 Å². The first kappa shape index (κ1) is 19.2. The van der Waals surface area contributed by atoms with Crippen LogP contribution in [0.1, 0.15) is 31.9 Å². The van der Waals surface area contributed by atoms with Crippen LogP contribution in [-0.4, -0.2) is 30.6 Å². The highest BCUT2D eigenvalue weighted by atomic mass is 127. The monoisotopic (exact) mass is 391 g/mol. The molecule has 0 aromatic heterocycles. The Morgan fingerprint density at radius 1 is 1.15 bits per heavy atom. The van der Waals surface area contributed by atoms with E-state index in [1.54, 1.807) is 0 Å². The van der Waals surface area contributed by atoms with Crippen LogP contribution in [0.3, 0.4) is 0 Å². The molecule has 0 aliphatic carbocycles. The third-order valence-corrected chi connectivity index (χ3v) is 3.08. The molecule has 0 bridgehead atoms. The predicted octanol–water partition coefficient (Wildman–Crippen LogP) is 3.00. The van der Waals surface area contributed by atoms with Crippen molar-refractivity contribution < 1.29 is 4.74 Å². The first-order chi connectivity index (χ1) is 9.22. The molecule has 0 radical (unpaired) electrons. The fourth-order valence-electron chi connectivity index (χ4n) is 1.88. The van der Waals surface area contributed by atoms with Crippen LogP contribution < -0.4 is 5.73 Å². The molecule has 114 valence electrons. The molecule has 0 aliphatic rings. The molecule has 0 saturated heterocycles. The van der Waals surface area contributed by atoms with Gasteiger partial charge in [-0.05, 0) is 31.9 Å². The summed E-state index contributed by atoms with van der Waals surface area (Å²) in [6, 6.07) is 8.20. The molecular formula is C15H26IN3O. The van der Waals surface area contributed by atoms with Gasteiger partial charge in [0.05, 0.1) is 13.2 Å². The normalized spacial score (nSPS) is 11.1.